The average molecular weight is 524 g/mol. The SMILES string of the molecule is CCNC(=NCc1nc(C)c(C)o1)NCCC(C)c1cccc(C(F)(F)F)c1.I. The van der Waals surface area contributed by atoms with Crippen molar-refractivity contribution in [1.82, 2.24) is 15.6 Å². The minimum absolute atomic E-state index is 0. The molecule has 0 bridgehead atoms. The molecule has 29 heavy (non-hydrogen) atoms. The first kappa shape index (κ1) is 25.3. The van der Waals surface area contributed by atoms with Gasteiger partial charge in [0, 0.05) is 13.1 Å². The van der Waals surface area contributed by atoms with Gasteiger partial charge in [-0.1, -0.05) is 25.1 Å². The molecule has 5 nitrogen and oxygen atoms in total. The summed E-state index contributed by atoms with van der Waals surface area (Å²) in [4.78, 5) is 8.74. The van der Waals surface area contributed by atoms with Gasteiger partial charge in [0.05, 0.1) is 11.3 Å². The number of alkyl halides is 3. The van der Waals surface area contributed by atoms with Crippen LogP contribution in [0.1, 0.15) is 54.7 Å². The van der Waals surface area contributed by atoms with E-state index >= 15 is 0 Å². The largest absolute Gasteiger partial charge is 0.444 e. The van der Waals surface area contributed by atoms with Crippen molar-refractivity contribution >= 4 is 29.9 Å². The highest BCUT2D eigenvalue weighted by Gasteiger charge is 2.30. The van der Waals surface area contributed by atoms with Crippen LogP contribution < -0.4 is 10.6 Å². The molecule has 1 aromatic heterocycles. The van der Waals surface area contributed by atoms with Gasteiger partial charge in [-0.3, -0.25) is 0 Å². The van der Waals surface area contributed by atoms with Crippen LogP contribution in [0.4, 0.5) is 13.2 Å². The zero-order valence-electron chi connectivity index (χ0n) is 17.1. The summed E-state index contributed by atoms with van der Waals surface area (Å²) in [5, 5.41) is 6.34. The number of halogens is 4. The van der Waals surface area contributed by atoms with Crippen LogP contribution in [0.3, 0.4) is 0 Å². The molecule has 1 atom stereocenters. The first-order chi connectivity index (χ1) is 13.2. The van der Waals surface area contributed by atoms with E-state index in [2.05, 4.69) is 20.6 Å². The smallest absolute Gasteiger partial charge is 0.416 e. The van der Waals surface area contributed by atoms with Gasteiger partial charge in [-0.2, -0.15) is 13.2 Å². The van der Waals surface area contributed by atoms with E-state index in [1.807, 2.05) is 27.7 Å². The predicted octanol–water partition coefficient (Wildman–Crippen LogP) is 5.18. The molecule has 2 rings (SSSR count). The fourth-order valence-electron chi connectivity index (χ4n) is 2.69. The minimum Gasteiger partial charge on any atom is -0.444 e. The third-order valence-electron chi connectivity index (χ3n) is 4.44. The van der Waals surface area contributed by atoms with Gasteiger partial charge in [0.15, 0.2) is 5.96 Å². The minimum atomic E-state index is -4.32. The summed E-state index contributed by atoms with van der Waals surface area (Å²) >= 11 is 0. The maximum Gasteiger partial charge on any atom is 0.416 e. The van der Waals surface area contributed by atoms with Gasteiger partial charge < -0.3 is 15.1 Å². The molecule has 0 aliphatic rings. The van der Waals surface area contributed by atoms with Gasteiger partial charge in [-0.25, -0.2) is 9.98 Å². The monoisotopic (exact) mass is 524 g/mol. The summed E-state index contributed by atoms with van der Waals surface area (Å²) in [6.07, 6.45) is -3.65. The van der Waals surface area contributed by atoms with Gasteiger partial charge in [-0.15, -0.1) is 24.0 Å². The number of rotatable bonds is 7. The maximum atomic E-state index is 12.9. The Kier molecular flexibility index (Phi) is 9.94. The van der Waals surface area contributed by atoms with Crippen molar-refractivity contribution in [1.29, 1.82) is 0 Å². The van der Waals surface area contributed by atoms with E-state index < -0.39 is 11.7 Å². The lowest BCUT2D eigenvalue weighted by Crippen LogP contribution is -2.38. The average Bonchev–Trinajstić information content (AvgIpc) is 2.96. The number of aromatic nitrogens is 1. The van der Waals surface area contributed by atoms with Gasteiger partial charge >= 0.3 is 6.18 Å². The normalized spacial score (nSPS) is 13.0. The van der Waals surface area contributed by atoms with Crippen LogP contribution in [0.5, 0.6) is 0 Å². The topological polar surface area (TPSA) is 62.5 Å². The molecular formula is C20H28F3IN4O. The van der Waals surface area contributed by atoms with Crippen LogP contribution >= 0.6 is 24.0 Å². The molecular weight excluding hydrogens is 496 g/mol. The molecule has 2 N–H and O–H groups in total. The number of hydrogen-bond acceptors (Lipinski definition) is 3. The van der Waals surface area contributed by atoms with Gasteiger partial charge in [0.25, 0.3) is 0 Å². The summed E-state index contributed by atoms with van der Waals surface area (Å²) in [6.45, 7) is 9.19. The Bertz CT molecular complexity index is 786. The number of hydrogen-bond donors (Lipinski definition) is 2. The Hall–Kier alpha value is -1.78. The fraction of sp³-hybridized carbons (Fsp3) is 0.500. The van der Waals surface area contributed by atoms with Crippen molar-refractivity contribution < 1.29 is 17.6 Å². The van der Waals surface area contributed by atoms with Crippen molar-refractivity contribution in [3.05, 3.63) is 52.7 Å². The lowest BCUT2D eigenvalue weighted by atomic mass is 9.96. The van der Waals surface area contributed by atoms with Gasteiger partial charge in [-0.05, 0) is 44.7 Å². The highest BCUT2D eigenvalue weighted by atomic mass is 127. The molecule has 0 fully saturated rings. The highest BCUT2D eigenvalue weighted by molar-refractivity contribution is 14.0. The molecule has 0 spiro atoms. The summed E-state index contributed by atoms with van der Waals surface area (Å²) in [5.74, 6) is 1.92. The van der Waals surface area contributed by atoms with E-state index in [-0.39, 0.29) is 29.9 Å². The maximum absolute atomic E-state index is 12.9. The molecule has 162 valence electrons. The quantitative estimate of drug-likeness (QED) is 0.298. The number of guanidine groups is 1. The molecule has 1 heterocycles. The Morgan fingerprint density at radius 1 is 1.24 bits per heavy atom. The van der Waals surface area contributed by atoms with Crippen molar-refractivity contribution in [3.63, 3.8) is 0 Å². The summed E-state index contributed by atoms with van der Waals surface area (Å²) < 4.78 is 44.1. The molecule has 0 aliphatic carbocycles. The fourth-order valence-corrected chi connectivity index (χ4v) is 2.69. The molecule has 0 saturated carbocycles. The third-order valence-corrected chi connectivity index (χ3v) is 4.44. The molecule has 0 radical (unpaired) electrons. The molecule has 0 aliphatic heterocycles. The van der Waals surface area contributed by atoms with Crippen molar-refractivity contribution in [2.75, 3.05) is 13.1 Å². The van der Waals surface area contributed by atoms with Crippen LogP contribution in [0.15, 0.2) is 33.7 Å². The van der Waals surface area contributed by atoms with Gasteiger partial charge in [0.2, 0.25) is 5.89 Å². The Morgan fingerprint density at radius 3 is 2.55 bits per heavy atom. The zero-order valence-corrected chi connectivity index (χ0v) is 19.4. The molecule has 1 unspecified atom stereocenters. The van der Waals surface area contributed by atoms with Crippen LogP contribution in [0.25, 0.3) is 0 Å². The van der Waals surface area contributed by atoms with E-state index in [1.54, 1.807) is 6.07 Å². The number of aliphatic imine (C=N–C) groups is 1. The van der Waals surface area contributed by atoms with Crippen LogP contribution in [-0.4, -0.2) is 24.0 Å². The second-order valence-corrected chi connectivity index (χ2v) is 6.68. The van der Waals surface area contributed by atoms with Crippen molar-refractivity contribution in [3.8, 4) is 0 Å². The van der Waals surface area contributed by atoms with Gasteiger partial charge in [0.1, 0.15) is 12.3 Å². The summed E-state index contributed by atoms with van der Waals surface area (Å²) in [6, 6.07) is 5.49. The van der Waals surface area contributed by atoms with E-state index in [9.17, 15) is 13.2 Å². The molecule has 1 aromatic carbocycles. The second-order valence-electron chi connectivity index (χ2n) is 6.68. The molecule has 0 amide bonds. The number of nitrogens with zero attached hydrogens (tertiary/aromatic N) is 2. The van der Waals surface area contributed by atoms with Crippen molar-refractivity contribution in [2.45, 2.75) is 52.8 Å². The van der Waals surface area contributed by atoms with Crippen LogP contribution in [0, 0.1) is 13.8 Å². The van der Waals surface area contributed by atoms with E-state index in [0.29, 0.717) is 43.5 Å². The number of benzene rings is 1. The summed E-state index contributed by atoms with van der Waals surface area (Å²) in [7, 11) is 0. The third kappa shape index (κ3) is 7.87. The second kappa shape index (κ2) is 11.4. The lowest BCUT2D eigenvalue weighted by Gasteiger charge is -2.16. The molecule has 9 heteroatoms. The number of aryl methyl sites for hydroxylation is 2. The first-order valence-electron chi connectivity index (χ1n) is 9.33. The van der Waals surface area contributed by atoms with Crippen LogP contribution in [-0.2, 0) is 12.7 Å². The first-order valence-corrected chi connectivity index (χ1v) is 9.33. The van der Waals surface area contributed by atoms with Crippen LogP contribution in [0.2, 0.25) is 0 Å². The number of nitrogens with one attached hydrogen (secondary N) is 2. The Morgan fingerprint density at radius 2 is 1.97 bits per heavy atom. The van der Waals surface area contributed by atoms with Crippen molar-refractivity contribution in [2.24, 2.45) is 4.99 Å². The van der Waals surface area contributed by atoms with E-state index in [0.717, 1.165) is 17.5 Å². The van der Waals surface area contributed by atoms with E-state index in [4.69, 9.17) is 4.42 Å². The standard InChI is InChI=1S/C20H27F3N4O.HI/c1-5-24-19(26-12-18-27-14(3)15(4)28-18)25-10-9-13(2)16-7-6-8-17(11-16)20(21,22)23;/h6-8,11,13H,5,9-10,12H2,1-4H3,(H2,24,25,26);1H. The molecule has 0 saturated heterocycles. The van der Waals surface area contributed by atoms with E-state index in [1.165, 1.54) is 12.1 Å². The highest BCUT2D eigenvalue weighted by Crippen LogP contribution is 2.31. The zero-order chi connectivity index (χ0) is 20.7. The number of oxazole rings is 1. The Balaban J connectivity index is 0.00000420. The Labute approximate surface area is 186 Å². The summed E-state index contributed by atoms with van der Waals surface area (Å²) in [5.41, 5.74) is 0.901. The molecule has 2 aromatic rings. The lowest BCUT2D eigenvalue weighted by molar-refractivity contribution is -0.137. The predicted molar refractivity (Wildman–Crippen MR) is 119 cm³/mol.